The van der Waals surface area contributed by atoms with Crippen molar-refractivity contribution in [2.45, 2.75) is 24.1 Å². The highest BCUT2D eigenvalue weighted by molar-refractivity contribution is 9.10. The summed E-state index contributed by atoms with van der Waals surface area (Å²) in [5.74, 6) is 1.03. The SMILES string of the molecule is Cc1cccc(Nc2nnc(SCCCC(=O)c3ccc(Br)cc3)s2)c1. The van der Waals surface area contributed by atoms with Crippen molar-refractivity contribution in [1.82, 2.24) is 10.2 Å². The van der Waals surface area contributed by atoms with E-state index in [9.17, 15) is 4.79 Å². The van der Waals surface area contributed by atoms with Gasteiger partial charge in [0.25, 0.3) is 0 Å². The van der Waals surface area contributed by atoms with Crippen LogP contribution in [0.25, 0.3) is 0 Å². The number of hydrogen-bond donors (Lipinski definition) is 1. The average molecular weight is 448 g/mol. The van der Waals surface area contributed by atoms with E-state index < -0.39 is 0 Å². The summed E-state index contributed by atoms with van der Waals surface area (Å²) in [7, 11) is 0. The molecule has 1 N–H and O–H groups in total. The fourth-order valence-electron chi connectivity index (χ4n) is 2.34. The number of ketones is 1. The van der Waals surface area contributed by atoms with Crippen LogP contribution in [-0.4, -0.2) is 21.7 Å². The van der Waals surface area contributed by atoms with Crippen molar-refractivity contribution in [1.29, 1.82) is 0 Å². The van der Waals surface area contributed by atoms with Crippen LogP contribution in [0.4, 0.5) is 10.8 Å². The summed E-state index contributed by atoms with van der Waals surface area (Å²) >= 11 is 6.55. The monoisotopic (exact) mass is 447 g/mol. The Balaban J connectivity index is 1.43. The topological polar surface area (TPSA) is 54.9 Å². The molecule has 0 bridgehead atoms. The van der Waals surface area contributed by atoms with Gasteiger partial charge >= 0.3 is 0 Å². The number of nitrogens with zero attached hydrogens (tertiary/aromatic N) is 2. The van der Waals surface area contributed by atoms with Gasteiger partial charge in [0.15, 0.2) is 10.1 Å². The maximum absolute atomic E-state index is 12.1. The standard InChI is InChI=1S/C19H18BrN3OS2/c1-13-4-2-5-16(12-13)21-18-22-23-19(26-18)25-11-3-6-17(24)14-7-9-15(20)10-8-14/h2,4-5,7-10,12H,3,6,11H2,1H3,(H,21,22). The first kappa shape index (κ1) is 19.1. The maximum atomic E-state index is 12.1. The molecule has 0 unspecified atom stereocenters. The van der Waals surface area contributed by atoms with Crippen molar-refractivity contribution < 1.29 is 4.79 Å². The van der Waals surface area contributed by atoms with Gasteiger partial charge in [-0.2, -0.15) is 0 Å². The smallest absolute Gasteiger partial charge is 0.210 e. The predicted octanol–water partition coefficient (Wildman–Crippen LogP) is 6.11. The molecule has 0 saturated heterocycles. The van der Waals surface area contributed by atoms with Crippen LogP contribution in [0, 0.1) is 6.92 Å². The summed E-state index contributed by atoms with van der Waals surface area (Å²) in [6.45, 7) is 2.06. The molecular weight excluding hydrogens is 430 g/mol. The van der Waals surface area contributed by atoms with Crippen molar-refractivity contribution in [2.24, 2.45) is 0 Å². The van der Waals surface area contributed by atoms with Crippen molar-refractivity contribution in [3.05, 3.63) is 64.1 Å². The molecule has 4 nitrogen and oxygen atoms in total. The number of Topliss-reactive ketones (excluding diaryl/α,β-unsaturated/α-hetero) is 1. The van der Waals surface area contributed by atoms with Gasteiger partial charge in [0, 0.05) is 27.9 Å². The molecule has 0 fully saturated rings. The van der Waals surface area contributed by atoms with Gasteiger partial charge in [-0.15, -0.1) is 10.2 Å². The number of aryl methyl sites for hydroxylation is 1. The molecule has 26 heavy (non-hydrogen) atoms. The number of thioether (sulfide) groups is 1. The van der Waals surface area contributed by atoms with Gasteiger partial charge in [-0.05, 0) is 43.2 Å². The van der Waals surface area contributed by atoms with Gasteiger partial charge in [0.1, 0.15) is 0 Å². The number of rotatable bonds is 8. The van der Waals surface area contributed by atoms with E-state index in [1.807, 2.05) is 36.4 Å². The molecule has 0 aliphatic rings. The summed E-state index contributed by atoms with van der Waals surface area (Å²) in [5, 5.41) is 12.4. The predicted molar refractivity (Wildman–Crippen MR) is 113 cm³/mol. The Hall–Kier alpha value is -1.70. The van der Waals surface area contributed by atoms with E-state index in [1.54, 1.807) is 11.8 Å². The van der Waals surface area contributed by atoms with Crippen LogP contribution in [0.15, 0.2) is 57.3 Å². The molecule has 3 rings (SSSR count). The van der Waals surface area contributed by atoms with Crippen molar-refractivity contribution >= 4 is 55.6 Å². The third-order valence-corrected chi connectivity index (χ3v) is 6.20. The summed E-state index contributed by atoms with van der Waals surface area (Å²) in [6.07, 6.45) is 1.36. The molecule has 0 saturated carbocycles. The normalized spacial score (nSPS) is 10.7. The third-order valence-electron chi connectivity index (χ3n) is 3.62. The number of hydrogen-bond acceptors (Lipinski definition) is 6. The molecule has 0 radical (unpaired) electrons. The lowest BCUT2D eigenvalue weighted by molar-refractivity contribution is 0.0982. The maximum Gasteiger partial charge on any atom is 0.210 e. The van der Waals surface area contributed by atoms with E-state index >= 15 is 0 Å². The lowest BCUT2D eigenvalue weighted by atomic mass is 10.1. The van der Waals surface area contributed by atoms with Crippen LogP contribution >= 0.6 is 39.0 Å². The molecule has 0 spiro atoms. The number of halogens is 1. The van der Waals surface area contributed by atoms with E-state index in [2.05, 4.69) is 50.5 Å². The summed E-state index contributed by atoms with van der Waals surface area (Å²) in [5.41, 5.74) is 2.97. The lowest BCUT2D eigenvalue weighted by Gasteiger charge is -2.02. The second kappa shape index (κ2) is 9.30. The zero-order chi connectivity index (χ0) is 18.4. The molecule has 1 aromatic heterocycles. The Morgan fingerprint density at radius 3 is 2.77 bits per heavy atom. The fourth-order valence-corrected chi connectivity index (χ4v) is 4.38. The Morgan fingerprint density at radius 2 is 2.00 bits per heavy atom. The van der Waals surface area contributed by atoms with Crippen LogP contribution in [-0.2, 0) is 0 Å². The summed E-state index contributed by atoms with van der Waals surface area (Å²) < 4.78 is 1.90. The minimum atomic E-state index is 0.178. The van der Waals surface area contributed by atoms with Crippen LogP contribution < -0.4 is 5.32 Å². The van der Waals surface area contributed by atoms with Crippen LogP contribution in [0.3, 0.4) is 0 Å². The van der Waals surface area contributed by atoms with Gasteiger partial charge in [0.2, 0.25) is 5.13 Å². The molecule has 1 heterocycles. The highest BCUT2D eigenvalue weighted by atomic mass is 79.9. The molecule has 0 atom stereocenters. The first-order valence-corrected chi connectivity index (χ1v) is 10.8. The summed E-state index contributed by atoms with van der Waals surface area (Å²) in [6, 6.07) is 15.6. The Kier molecular flexibility index (Phi) is 6.82. The zero-order valence-electron chi connectivity index (χ0n) is 14.2. The van der Waals surface area contributed by atoms with Crippen LogP contribution in [0.1, 0.15) is 28.8 Å². The van der Waals surface area contributed by atoms with E-state index in [4.69, 9.17) is 0 Å². The van der Waals surface area contributed by atoms with Gasteiger partial charge in [-0.3, -0.25) is 4.79 Å². The Bertz CT molecular complexity index is 881. The van der Waals surface area contributed by atoms with E-state index in [-0.39, 0.29) is 5.78 Å². The number of nitrogens with one attached hydrogen (secondary N) is 1. The minimum Gasteiger partial charge on any atom is -0.330 e. The molecule has 134 valence electrons. The van der Waals surface area contributed by atoms with Crippen LogP contribution in [0.5, 0.6) is 0 Å². The molecule has 0 amide bonds. The van der Waals surface area contributed by atoms with Crippen molar-refractivity contribution in [2.75, 3.05) is 11.1 Å². The molecule has 0 aliphatic carbocycles. The van der Waals surface area contributed by atoms with Gasteiger partial charge in [0.05, 0.1) is 0 Å². The molecule has 2 aromatic carbocycles. The first-order valence-electron chi connectivity index (χ1n) is 8.19. The minimum absolute atomic E-state index is 0.178. The van der Waals surface area contributed by atoms with E-state index in [0.717, 1.165) is 37.4 Å². The van der Waals surface area contributed by atoms with Gasteiger partial charge in [-0.1, -0.05) is 63.3 Å². The van der Waals surface area contributed by atoms with Gasteiger partial charge < -0.3 is 5.32 Å². The summed E-state index contributed by atoms with van der Waals surface area (Å²) in [4.78, 5) is 12.1. The van der Waals surface area contributed by atoms with Crippen LogP contribution in [0.2, 0.25) is 0 Å². The second-order valence-electron chi connectivity index (χ2n) is 5.75. The second-order valence-corrected chi connectivity index (χ2v) is 8.98. The van der Waals surface area contributed by atoms with Crippen molar-refractivity contribution in [3.8, 4) is 0 Å². The van der Waals surface area contributed by atoms with E-state index in [0.29, 0.717) is 6.42 Å². The quantitative estimate of drug-likeness (QED) is 0.256. The average Bonchev–Trinajstić information content (AvgIpc) is 3.06. The highest BCUT2D eigenvalue weighted by Crippen LogP contribution is 2.28. The molecular formula is C19H18BrN3OS2. The Labute approximate surface area is 169 Å². The highest BCUT2D eigenvalue weighted by Gasteiger charge is 2.08. The number of anilines is 2. The molecule has 3 aromatic rings. The van der Waals surface area contributed by atoms with E-state index in [1.165, 1.54) is 16.9 Å². The molecule has 0 aliphatic heterocycles. The number of aromatic nitrogens is 2. The molecule has 7 heteroatoms. The fraction of sp³-hybridized carbons (Fsp3) is 0.211. The number of carbonyl (C=O) groups excluding carboxylic acids is 1. The largest absolute Gasteiger partial charge is 0.330 e. The number of carbonyl (C=O) groups is 1. The van der Waals surface area contributed by atoms with Gasteiger partial charge in [-0.25, -0.2) is 0 Å². The third kappa shape index (κ3) is 5.65. The Morgan fingerprint density at radius 1 is 1.19 bits per heavy atom. The zero-order valence-corrected chi connectivity index (χ0v) is 17.5. The van der Waals surface area contributed by atoms with Crippen molar-refractivity contribution in [3.63, 3.8) is 0 Å². The number of benzene rings is 2. The first-order chi connectivity index (χ1) is 12.6. The lowest BCUT2D eigenvalue weighted by Crippen LogP contribution is -1.99.